The van der Waals surface area contributed by atoms with E-state index in [1.54, 1.807) is 6.07 Å². The van der Waals surface area contributed by atoms with Gasteiger partial charge < -0.3 is 4.74 Å². The zero-order valence-corrected chi connectivity index (χ0v) is 18.0. The molecule has 0 aliphatic heterocycles. The average molecular weight is 455 g/mol. The highest BCUT2D eigenvalue weighted by Gasteiger charge is 2.11. The van der Waals surface area contributed by atoms with Gasteiger partial charge in [-0.2, -0.15) is 10.2 Å². The van der Waals surface area contributed by atoms with Crippen molar-refractivity contribution in [2.75, 3.05) is 6.61 Å². The number of rotatable bonds is 9. The molecule has 1 amide bonds. The minimum atomic E-state index is -0.481. The van der Waals surface area contributed by atoms with Crippen LogP contribution in [-0.2, 0) is 6.42 Å². The molecule has 9 heteroatoms. The van der Waals surface area contributed by atoms with Crippen molar-refractivity contribution in [3.8, 4) is 17.0 Å². The van der Waals surface area contributed by atoms with Crippen molar-refractivity contribution in [3.63, 3.8) is 0 Å². The average Bonchev–Trinajstić information content (AvgIpc) is 3.36. The molecule has 0 saturated carbocycles. The van der Waals surface area contributed by atoms with E-state index in [1.807, 2.05) is 42.5 Å². The topological polar surface area (TPSA) is 123 Å². The lowest BCUT2D eigenvalue weighted by Gasteiger charge is -2.06. The molecule has 4 aromatic rings. The van der Waals surface area contributed by atoms with Crippen LogP contribution in [0.25, 0.3) is 11.3 Å². The number of hydrazone groups is 1. The van der Waals surface area contributed by atoms with E-state index in [-0.39, 0.29) is 11.4 Å². The molecule has 0 bridgehead atoms. The van der Waals surface area contributed by atoms with E-state index in [0.717, 1.165) is 17.7 Å². The number of amides is 1. The van der Waals surface area contributed by atoms with Gasteiger partial charge in [0.2, 0.25) is 0 Å². The van der Waals surface area contributed by atoms with Crippen LogP contribution in [0.4, 0.5) is 5.69 Å². The summed E-state index contributed by atoms with van der Waals surface area (Å²) in [6, 6.07) is 25.1. The van der Waals surface area contributed by atoms with E-state index in [0.29, 0.717) is 17.9 Å². The number of H-pyrrole nitrogens is 1. The highest BCUT2D eigenvalue weighted by molar-refractivity contribution is 5.94. The number of nitrogens with one attached hydrogen (secondary N) is 2. The van der Waals surface area contributed by atoms with Crippen LogP contribution in [0, 0.1) is 10.1 Å². The molecule has 0 radical (unpaired) electrons. The van der Waals surface area contributed by atoms with Gasteiger partial charge in [0, 0.05) is 24.1 Å². The third-order valence-corrected chi connectivity index (χ3v) is 4.96. The zero-order chi connectivity index (χ0) is 23.8. The van der Waals surface area contributed by atoms with Crippen molar-refractivity contribution in [2.45, 2.75) is 6.42 Å². The van der Waals surface area contributed by atoms with Gasteiger partial charge in [-0.1, -0.05) is 30.3 Å². The number of ether oxygens (including phenoxy) is 1. The number of aromatic amines is 1. The maximum Gasteiger partial charge on any atom is 0.289 e. The number of non-ortho nitro benzene ring substituents is 1. The summed E-state index contributed by atoms with van der Waals surface area (Å²) in [4.78, 5) is 22.5. The molecule has 0 aliphatic rings. The molecule has 0 fully saturated rings. The molecule has 34 heavy (non-hydrogen) atoms. The number of aromatic nitrogens is 2. The smallest absolute Gasteiger partial charge is 0.289 e. The van der Waals surface area contributed by atoms with Gasteiger partial charge in [0.15, 0.2) is 0 Å². The monoisotopic (exact) mass is 455 g/mol. The molecule has 4 rings (SSSR count). The summed E-state index contributed by atoms with van der Waals surface area (Å²) in [5, 5.41) is 21.4. The lowest BCUT2D eigenvalue weighted by molar-refractivity contribution is -0.384. The molecule has 1 aromatic heterocycles. The third-order valence-electron chi connectivity index (χ3n) is 4.96. The van der Waals surface area contributed by atoms with Crippen LogP contribution in [0.1, 0.15) is 21.6 Å². The van der Waals surface area contributed by atoms with Crippen LogP contribution in [0.15, 0.2) is 90.0 Å². The van der Waals surface area contributed by atoms with E-state index in [2.05, 4.69) is 32.9 Å². The van der Waals surface area contributed by atoms with Crippen LogP contribution >= 0.6 is 0 Å². The summed E-state index contributed by atoms with van der Waals surface area (Å²) in [6.07, 6.45) is 2.22. The van der Waals surface area contributed by atoms with Gasteiger partial charge in [-0.05, 0) is 53.6 Å². The number of hydrogen-bond donors (Lipinski definition) is 2. The molecule has 0 saturated heterocycles. The molecule has 0 spiro atoms. The number of nitrogens with zero attached hydrogens (tertiary/aromatic N) is 3. The largest absolute Gasteiger partial charge is 0.493 e. The first kappa shape index (κ1) is 22.4. The molecule has 0 atom stereocenters. The van der Waals surface area contributed by atoms with Crippen LogP contribution in [0.5, 0.6) is 5.75 Å². The first-order chi connectivity index (χ1) is 16.6. The molecule has 0 aliphatic carbocycles. The van der Waals surface area contributed by atoms with Crippen molar-refractivity contribution in [1.82, 2.24) is 15.6 Å². The van der Waals surface area contributed by atoms with Crippen LogP contribution in [-0.4, -0.2) is 33.8 Å². The molecular formula is C25H21N5O4. The molecule has 9 nitrogen and oxygen atoms in total. The maximum absolute atomic E-state index is 12.3. The van der Waals surface area contributed by atoms with Crippen molar-refractivity contribution in [2.24, 2.45) is 5.10 Å². The first-order valence-electron chi connectivity index (χ1n) is 10.5. The Hall–Kier alpha value is -4.79. The summed E-state index contributed by atoms with van der Waals surface area (Å²) in [7, 11) is 0. The van der Waals surface area contributed by atoms with E-state index in [4.69, 9.17) is 4.74 Å². The minimum Gasteiger partial charge on any atom is -0.493 e. The Balaban J connectivity index is 1.29. The normalized spacial score (nSPS) is 10.8. The zero-order valence-electron chi connectivity index (χ0n) is 18.0. The number of nitro benzene ring substituents is 1. The van der Waals surface area contributed by atoms with Gasteiger partial charge in [0.25, 0.3) is 11.6 Å². The fourth-order valence-electron chi connectivity index (χ4n) is 3.15. The van der Waals surface area contributed by atoms with Crippen molar-refractivity contribution >= 4 is 17.8 Å². The highest BCUT2D eigenvalue weighted by Crippen LogP contribution is 2.21. The summed E-state index contributed by atoms with van der Waals surface area (Å²) in [5.41, 5.74) is 5.91. The molecule has 1 heterocycles. The Morgan fingerprint density at radius 1 is 1.06 bits per heavy atom. The lowest BCUT2D eigenvalue weighted by Crippen LogP contribution is -2.17. The number of benzene rings is 3. The third kappa shape index (κ3) is 5.92. The number of carbonyl (C=O) groups is 1. The van der Waals surface area contributed by atoms with E-state index in [1.165, 1.54) is 36.0 Å². The number of nitro groups is 1. The second-order valence-electron chi connectivity index (χ2n) is 7.32. The molecule has 170 valence electrons. The Morgan fingerprint density at radius 3 is 2.50 bits per heavy atom. The van der Waals surface area contributed by atoms with Crippen molar-refractivity contribution < 1.29 is 14.5 Å². The molecule has 3 aromatic carbocycles. The van der Waals surface area contributed by atoms with Gasteiger partial charge in [-0.25, -0.2) is 5.43 Å². The van der Waals surface area contributed by atoms with Gasteiger partial charge in [-0.15, -0.1) is 0 Å². The molecule has 2 N–H and O–H groups in total. The van der Waals surface area contributed by atoms with E-state index < -0.39 is 10.8 Å². The SMILES string of the molecule is O=C(N/N=C\c1ccc([N+](=O)[O-])cc1)c1cc(-c2ccc(OCCc3ccccc3)cc2)n[nH]1. The van der Waals surface area contributed by atoms with Crippen LogP contribution in [0.3, 0.4) is 0 Å². The highest BCUT2D eigenvalue weighted by atomic mass is 16.6. The Morgan fingerprint density at radius 2 is 1.79 bits per heavy atom. The molecular weight excluding hydrogens is 434 g/mol. The molecule has 0 unspecified atom stereocenters. The maximum atomic E-state index is 12.3. The minimum absolute atomic E-state index is 0.0158. The van der Waals surface area contributed by atoms with E-state index in [9.17, 15) is 14.9 Å². The van der Waals surface area contributed by atoms with Crippen molar-refractivity contribution in [1.29, 1.82) is 0 Å². The Kier molecular flexibility index (Phi) is 7.04. The fourth-order valence-corrected chi connectivity index (χ4v) is 3.15. The van der Waals surface area contributed by atoms with Gasteiger partial charge >= 0.3 is 0 Å². The van der Waals surface area contributed by atoms with Gasteiger partial charge in [0.1, 0.15) is 11.4 Å². The predicted molar refractivity (Wildman–Crippen MR) is 128 cm³/mol. The second kappa shape index (κ2) is 10.7. The predicted octanol–water partition coefficient (Wildman–Crippen LogP) is 4.37. The summed E-state index contributed by atoms with van der Waals surface area (Å²) < 4.78 is 5.80. The Labute approximate surface area is 195 Å². The summed E-state index contributed by atoms with van der Waals surface area (Å²) in [5.74, 6) is 0.298. The number of carbonyl (C=O) groups excluding carboxylic acids is 1. The summed E-state index contributed by atoms with van der Waals surface area (Å²) >= 11 is 0. The van der Waals surface area contributed by atoms with Crippen LogP contribution < -0.4 is 10.2 Å². The summed E-state index contributed by atoms with van der Waals surface area (Å²) in [6.45, 7) is 0.580. The first-order valence-corrected chi connectivity index (χ1v) is 10.5. The van der Waals surface area contributed by atoms with E-state index >= 15 is 0 Å². The van der Waals surface area contributed by atoms with Crippen molar-refractivity contribution in [3.05, 3.63) is 112 Å². The van der Waals surface area contributed by atoms with Crippen LogP contribution in [0.2, 0.25) is 0 Å². The Bertz CT molecular complexity index is 1280. The standard InChI is InChI=1S/C25H21N5O4/c31-25(29-26-17-19-6-10-21(11-7-19)30(32)33)24-16-23(27-28-24)20-8-12-22(13-9-20)34-15-14-18-4-2-1-3-5-18/h1-13,16-17H,14-15H2,(H,27,28)(H,29,31)/b26-17-. The second-order valence-corrected chi connectivity index (χ2v) is 7.32. The fraction of sp³-hybridized carbons (Fsp3) is 0.0800. The lowest BCUT2D eigenvalue weighted by atomic mass is 10.1. The quantitative estimate of drug-likeness (QED) is 0.220. The van der Waals surface area contributed by atoms with Gasteiger partial charge in [-0.3, -0.25) is 20.0 Å². The van der Waals surface area contributed by atoms with Gasteiger partial charge in [0.05, 0.1) is 23.4 Å². The number of hydrogen-bond acceptors (Lipinski definition) is 6.